The SMILES string of the molecule is O=C1N[C@H]2[C@H](O)[C@H](O)[C@@H](O)[C@H](O)[C@@H]2c2ccccc21. The Morgan fingerprint density at radius 1 is 0.895 bits per heavy atom. The largest absolute Gasteiger partial charge is 0.390 e. The first kappa shape index (κ1) is 12.6. The van der Waals surface area contributed by atoms with E-state index in [0.717, 1.165) is 0 Å². The van der Waals surface area contributed by atoms with Crippen molar-refractivity contribution in [2.45, 2.75) is 36.4 Å². The van der Waals surface area contributed by atoms with Crippen LogP contribution in [0, 0.1) is 0 Å². The Labute approximate surface area is 109 Å². The minimum absolute atomic E-state index is 0.355. The molecule has 102 valence electrons. The van der Waals surface area contributed by atoms with Crippen LogP contribution in [-0.4, -0.2) is 56.8 Å². The van der Waals surface area contributed by atoms with Gasteiger partial charge in [0.15, 0.2) is 0 Å². The summed E-state index contributed by atoms with van der Waals surface area (Å²) in [6.07, 6.45) is -5.49. The monoisotopic (exact) mass is 265 g/mol. The molecular weight excluding hydrogens is 250 g/mol. The van der Waals surface area contributed by atoms with E-state index in [1.807, 2.05) is 0 Å². The Morgan fingerprint density at radius 3 is 2.26 bits per heavy atom. The highest BCUT2D eigenvalue weighted by atomic mass is 16.4. The number of nitrogens with one attached hydrogen (secondary N) is 1. The molecule has 1 aromatic carbocycles. The van der Waals surface area contributed by atoms with Gasteiger partial charge in [0.2, 0.25) is 0 Å². The van der Waals surface area contributed by atoms with E-state index in [9.17, 15) is 25.2 Å². The second kappa shape index (κ2) is 4.28. The number of carbonyl (C=O) groups is 1. The molecule has 3 rings (SSSR count). The van der Waals surface area contributed by atoms with Crippen molar-refractivity contribution >= 4 is 5.91 Å². The number of benzene rings is 1. The zero-order valence-corrected chi connectivity index (χ0v) is 9.97. The van der Waals surface area contributed by atoms with Crippen molar-refractivity contribution in [2.24, 2.45) is 0 Å². The van der Waals surface area contributed by atoms with Gasteiger partial charge in [-0.2, -0.15) is 0 Å². The molecule has 0 spiro atoms. The molecule has 1 aliphatic carbocycles. The Morgan fingerprint density at radius 2 is 1.53 bits per heavy atom. The molecule has 0 saturated heterocycles. The first-order chi connectivity index (χ1) is 9.02. The standard InChI is InChI=1S/C13H15NO5/c15-9-7-5-3-1-2-4-6(5)13(19)14-8(7)10(16)12(18)11(9)17/h1-4,7-12,15-18H,(H,14,19)/t7-,8-,9-,10+,11+,12+/m1/s1. The molecule has 6 nitrogen and oxygen atoms in total. The van der Waals surface area contributed by atoms with Crippen LogP contribution in [0.1, 0.15) is 21.8 Å². The van der Waals surface area contributed by atoms with Crippen molar-refractivity contribution in [1.29, 1.82) is 0 Å². The van der Waals surface area contributed by atoms with Gasteiger partial charge in [-0.25, -0.2) is 0 Å². The molecule has 1 heterocycles. The van der Waals surface area contributed by atoms with E-state index in [2.05, 4.69) is 5.32 Å². The van der Waals surface area contributed by atoms with Crippen molar-refractivity contribution in [1.82, 2.24) is 5.32 Å². The third-order valence-electron chi connectivity index (χ3n) is 4.03. The van der Waals surface area contributed by atoms with Gasteiger partial charge in [-0.15, -0.1) is 0 Å². The molecule has 1 aliphatic heterocycles. The molecule has 0 bridgehead atoms. The Balaban J connectivity index is 2.11. The Kier molecular flexibility index (Phi) is 2.83. The van der Waals surface area contributed by atoms with Gasteiger partial charge >= 0.3 is 0 Å². The number of aliphatic hydroxyl groups is 4. The van der Waals surface area contributed by atoms with Crippen molar-refractivity contribution < 1.29 is 25.2 Å². The molecule has 1 saturated carbocycles. The topological polar surface area (TPSA) is 110 Å². The summed E-state index contributed by atoms with van der Waals surface area (Å²) in [5.74, 6) is -0.992. The first-order valence-electron chi connectivity index (χ1n) is 6.14. The number of hydrogen-bond acceptors (Lipinski definition) is 5. The number of hydrogen-bond donors (Lipinski definition) is 5. The van der Waals surface area contributed by atoms with Crippen LogP contribution >= 0.6 is 0 Å². The summed E-state index contributed by atoms with van der Waals surface area (Å²) in [7, 11) is 0. The highest BCUT2D eigenvalue weighted by molar-refractivity contribution is 5.97. The van der Waals surface area contributed by atoms with Gasteiger partial charge < -0.3 is 25.7 Å². The van der Waals surface area contributed by atoms with Gasteiger partial charge in [0, 0.05) is 11.5 Å². The average Bonchev–Trinajstić information content (AvgIpc) is 2.43. The molecule has 1 fully saturated rings. The van der Waals surface area contributed by atoms with Crippen LogP contribution in [0.2, 0.25) is 0 Å². The molecule has 0 unspecified atom stereocenters. The zero-order valence-electron chi connectivity index (χ0n) is 9.97. The van der Waals surface area contributed by atoms with E-state index >= 15 is 0 Å². The van der Waals surface area contributed by atoms with Gasteiger partial charge in [-0.3, -0.25) is 4.79 Å². The highest BCUT2D eigenvalue weighted by Crippen LogP contribution is 2.38. The van der Waals surface area contributed by atoms with Crippen LogP contribution in [0.5, 0.6) is 0 Å². The summed E-state index contributed by atoms with van der Waals surface area (Å²) in [4.78, 5) is 11.9. The smallest absolute Gasteiger partial charge is 0.251 e. The van der Waals surface area contributed by atoms with Gasteiger partial charge in [0.25, 0.3) is 5.91 Å². The minimum Gasteiger partial charge on any atom is -0.390 e. The van der Waals surface area contributed by atoms with Crippen LogP contribution in [0.4, 0.5) is 0 Å². The van der Waals surface area contributed by atoms with Crippen molar-refractivity contribution in [3.63, 3.8) is 0 Å². The number of fused-ring (bicyclic) bond motifs is 3. The van der Waals surface area contributed by atoms with E-state index in [0.29, 0.717) is 11.1 Å². The summed E-state index contributed by atoms with van der Waals surface area (Å²) in [5.41, 5.74) is 0.993. The molecule has 1 aromatic rings. The fourth-order valence-corrected chi connectivity index (χ4v) is 3.03. The number of amides is 1. The maximum atomic E-state index is 11.9. The van der Waals surface area contributed by atoms with Gasteiger partial charge in [-0.05, 0) is 11.6 Å². The normalized spacial score (nSPS) is 41.2. The third-order valence-corrected chi connectivity index (χ3v) is 4.03. The lowest BCUT2D eigenvalue weighted by atomic mass is 9.70. The summed E-state index contributed by atoms with van der Waals surface area (Å²) in [6, 6.07) is 5.93. The molecular formula is C13H15NO5. The number of carbonyl (C=O) groups excluding carboxylic acids is 1. The molecule has 19 heavy (non-hydrogen) atoms. The molecule has 6 atom stereocenters. The molecule has 6 heteroatoms. The zero-order chi connectivity index (χ0) is 13.7. The Bertz CT molecular complexity index is 520. The van der Waals surface area contributed by atoms with Crippen LogP contribution in [-0.2, 0) is 0 Å². The quantitative estimate of drug-likeness (QED) is 0.386. The van der Waals surface area contributed by atoms with Gasteiger partial charge in [0.05, 0.1) is 12.1 Å². The lowest BCUT2D eigenvalue weighted by molar-refractivity contribution is -0.155. The maximum absolute atomic E-state index is 11.9. The fourth-order valence-electron chi connectivity index (χ4n) is 3.03. The van der Waals surface area contributed by atoms with Gasteiger partial charge in [0.1, 0.15) is 18.3 Å². The summed E-state index contributed by atoms with van der Waals surface area (Å²) in [5, 5.41) is 42.1. The lowest BCUT2D eigenvalue weighted by Gasteiger charge is -2.47. The van der Waals surface area contributed by atoms with Crippen molar-refractivity contribution in [3.05, 3.63) is 35.4 Å². The first-order valence-corrected chi connectivity index (χ1v) is 6.14. The second-order valence-corrected chi connectivity index (χ2v) is 5.07. The van der Waals surface area contributed by atoms with E-state index in [-0.39, 0.29) is 5.91 Å². The predicted octanol–water partition coefficient (Wildman–Crippen LogP) is -1.66. The predicted molar refractivity (Wildman–Crippen MR) is 64.5 cm³/mol. The number of rotatable bonds is 0. The minimum atomic E-state index is -1.48. The van der Waals surface area contributed by atoms with Crippen molar-refractivity contribution in [3.8, 4) is 0 Å². The molecule has 2 aliphatic rings. The fraction of sp³-hybridized carbons (Fsp3) is 0.462. The molecule has 5 N–H and O–H groups in total. The van der Waals surface area contributed by atoms with Crippen LogP contribution in [0.25, 0.3) is 0 Å². The molecule has 0 aromatic heterocycles. The van der Waals surface area contributed by atoms with Crippen LogP contribution in [0.3, 0.4) is 0 Å². The summed E-state index contributed by atoms with van der Waals surface area (Å²) in [6.45, 7) is 0. The lowest BCUT2D eigenvalue weighted by Crippen LogP contribution is -2.66. The highest BCUT2D eigenvalue weighted by Gasteiger charge is 2.52. The van der Waals surface area contributed by atoms with Crippen LogP contribution in [0.15, 0.2) is 24.3 Å². The Hall–Kier alpha value is -1.47. The molecule has 1 amide bonds. The summed E-state index contributed by atoms with van der Waals surface area (Å²) < 4.78 is 0. The second-order valence-electron chi connectivity index (χ2n) is 5.07. The maximum Gasteiger partial charge on any atom is 0.251 e. The van der Waals surface area contributed by atoms with Crippen molar-refractivity contribution in [2.75, 3.05) is 0 Å². The van der Waals surface area contributed by atoms with E-state index in [1.54, 1.807) is 24.3 Å². The average molecular weight is 265 g/mol. The third kappa shape index (κ3) is 1.68. The molecule has 0 radical (unpaired) electrons. The number of aliphatic hydroxyl groups excluding tert-OH is 4. The van der Waals surface area contributed by atoms with E-state index < -0.39 is 36.4 Å². The van der Waals surface area contributed by atoms with Gasteiger partial charge in [-0.1, -0.05) is 18.2 Å². The van der Waals surface area contributed by atoms with Crippen LogP contribution < -0.4 is 5.32 Å². The summed E-state index contributed by atoms with van der Waals surface area (Å²) >= 11 is 0. The van der Waals surface area contributed by atoms with E-state index in [1.165, 1.54) is 0 Å². The van der Waals surface area contributed by atoms with E-state index in [4.69, 9.17) is 0 Å².